The van der Waals surface area contributed by atoms with Crippen molar-refractivity contribution >= 4 is 46.7 Å². The van der Waals surface area contributed by atoms with Crippen LogP contribution in [0, 0.1) is 0 Å². The van der Waals surface area contributed by atoms with Crippen molar-refractivity contribution in [3.05, 3.63) is 66.5 Å². The highest BCUT2D eigenvalue weighted by Gasteiger charge is 2.21. The highest BCUT2D eigenvalue weighted by molar-refractivity contribution is 14.0. The lowest BCUT2D eigenvalue weighted by Crippen LogP contribution is -2.52. The van der Waals surface area contributed by atoms with Gasteiger partial charge in [-0.05, 0) is 22.4 Å². The van der Waals surface area contributed by atoms with E-state index in [-0.39, 0.29) is 24.0 Å². The number of anilines is 1. The van der Waals surface area contributed by atoms with Crippen LogP contribution in [-0.4, -0.2) is 54.1 Å². The average molecular weight is 488 g/mol. The van der Waals surface area contributed by atoms with Gasteiger partial charge in [0.1, 0.15) is 0 Å². The standard InChI is InChI=1S/C21H24N6.HI/c1-22-20(25-16-18-8-4-7-17-6-2-3-9-19(17)18)26-12-14-27(15-13-26)21-23-10-5-11-24-21;/h2-11H,12-16H2,1H3,(H,22,25);1H. The molecular weight excluding hydrogens is 463 g/mol. The lowest BCUT2D eigenvalue weighted by molar-refractivity contribution is 0.370. The molecule has 0 spiro atoms. The predicted molar refractivity (Wildman–Crippen MR) is 125 cm³/mol. The highest BCUT2D eigenvalue weighted by Crippen LogP contribution is 2.18. The minimum absolute atomic E-state index is 0. The lowest BCUT2D eigenvalue weighted by Gasteiger charge is -2.36. The Kier molecular flexibility index (Phi) is 7.02. The van der Waals surface area contributed by atoms with Crippen LogP contribution in [0.25, 0.3) is 10.8 Å². The number of piperazine rings is 1. The van der Waals surface area contributed by atoms with Crippen molar-refractivity contribution in [1.29, 1.82) is 0 Å². The third-order valence-electron chi connectivity index (χ3n) is 4.94. The van der Waals surface area contributed by atoms with E-state index < -0.39 is 0 Å². The first-order valence-corrected chi connectivity index (χ1v) is 9.29. The monoisotopic (exact) mass is 488 g/mol. The summed E-state index contributed by atoms with van der Waals surface area (Å²) in [6, 6.07) is 16.8. The Balaban J connectivity index is 0.00000225. The van der Waals surface area contributed by atoms with Crippen molar-refractivity contribution in [1.82, 2.24) is 20.2 Å². The molecule has 4 rings (SSSR count). The maximum absolute atomic E-state index is 4.49. The number of hydrogen-bond donors (Lipinski definition) is 1. The fraction of sp³-hybridized carbons (Fsp3) is 0.286. The van der Waals surface area contributed by atoms with E-state index in [1.54, 1.807) is 12.4 Å². The molecule has 1 saturated heterocycles. The maximum Gasteiger partial charge on any atom is 0.225 e. The number of aliphatic imine (C=N–C) groups is 1. The molecule has 0 bridgehead atoms. The summed E-state index contributed by atoms with van der Waals surface area (Å²) < 4.78 is 0. The van der Waals surface area contributed by atoms with Gasteiger partial charge in [0.15, 0.2) is 5.96 Å². The van der Waals surface area contributed by atoms with Crippen LogP contribution in [0.4, 0.5) is 5.95 Å². The fourth-order valence-corrected chi connectivity index (χ4v) is 3.53. The van der Waals surface area contributed by atoms with Crippen molar-refractivity contribution in [3.63, 3.8) is 0 Å². The number of guanidine groups is 1. The maximum atomic E-state index is 4.49. The van der Waals surface area contributed by atoms with Crippen LogP contribution >= 0.6 is 24.0 Å². The van der Waals surface area contributed by atoms with Crippen molar-refractivity contribution in [2.45, 2.75) is 6.54 Å². The Morgan fingerprint density at radius 2 is 1.68 bits per heavy atom. The largest absolute Gasteiger partial charge is 0.352 e. The molecule has 1 fully saturated rings. The number of fused-ring (bicyclic) bond motifs is 1. The number of nitrogens with zero attached hydrogens (tertiary/aromatic N) is 5. The first-order chi connectivity index (χ1) is 13.3. The van der Waals surface area contributed by atoms with Gasteiger partial charge in [-0.3, -0.25) is 4.99 Å². The summed E-state index contributed by atoms with van der Waals surface area (Å²) >= 11 is 0. The zero-order valence-electron chi connectivity index (χ0n) is 16.0. The van der Waals surface area contributed by atoms with Crippen LogP contribution in [-0.2, 0) is 6.54 Å². The molecule has 0 unspecified atom stereocenters. The molecule has 146 valence electrons. The number of nitrogens with one attached hydrogen (secondary N) is 1. The van der Waals surface area contributed by atoms with Crippen LogP contribution in [0.5, 0.6) is 0 Å². The van der Waals surface area contributed by atoms with E-state index in [9.17, 15) is 0 Å². The first kappa shape index (κ1) is 20.3. The third kappa shape index (κ3) is 4.52. The fourth-order valence-electron chi connectivity index (χ4n) is 3.53. The molecule has 0 atom stereocenters. The molecule has 1 aliphatic rings. The molecule has 0 radical (unpaired) electrons. The summed E-state index contributed by atoms with van der Waals surface area (Å²) in [6.07, 6.45) is 3.58. The minimum atomic E-state index is 0. The number of halogens is 1. The third-order valence-corrected chi connectivity index (χ3v) is 4.94. The lowest BCUT2D eigenvalue weighted by atomic mass is 10.0. The van der Waals surface area contributed by atoms with Gasteiger partial charge < -0.3 is 15.1 Å². The van der Waals surface area contributed by atoms with E-state index in [0.29, 0.717) is 0 Å². The summed E-state index contributed by atoms with van der Waals surface area (Å²) in [5.41, 5.74) is 1.28. The van der Waals surface area contributed by atoms with Gasteiger partial charge in [-0.25, -0.2) is 9.97 Å². The Hall–Kier alpha value is -2.42. The summed E-state index contributed by atoms with van der Waals surface area (Å²) in [6.45, 7) is 4.33. The van der Waals surface area contributed by atoms with Gasteiger partial charge in [-0.15, -0.1) is 24.0 Å². The van der Waals surface area contributed by atoms with E-state index >= 15 is 0 Å². The summed E-state index contributed by atoms with van der Waals surface area (Å²) in [5, 5.41) is 6.08. The minimum Gasteiger partial charge on any atom is -0.352 e. The van der Waals surface area contributed by atoms with Crippen LogP contribution in [0.1, 0.15) is 5.56 Å². The Morgan fingerprint density at radius 1 is 0.964 bits per heavy atom. The molecule has 28 heavy (non-hydrogen) atoms. The SMILES string of the molecule is CN=C(NCc1cccc2ccccc12)N1CCN(c2ncccn2)CC1.I. The molecule has 7 heteroatoms. The zero-order chi connectivity index (χ0) is 18.5. The van der Waals surface area contributed by atoms with Gasteiger partial charge >= 0.3 is 0 Å². The molecule has 0 saturated carbocycles. The van der Waals surface area contributed by atoms with Gasteiger partial charge in [-0.2, -0.15) is 0 Å². The van der Waals surface area contributed by atoms with Crippen molar-refractivity contribution < 1.29 is 0 Å². The van der Waals surface area contributed by atoms with E-state index in [4.69, 9.17) is 0 Å². The van der Waals surface area contributed by atoms with Gasteiger partial charge in [-0.1, -0.05) is 42.5 Å². The quantitative estimate of drug-likeness (QED) is 0.349. The highest BCUT2D eigenvalue weighted by atomic mass is 127. The smallest absolute Gasteiger partial charge is 0.225 e. The topological polar surface area (TPSA) is 56.7 Å². The molecule has 6 nitrogen and oxygen atoms in total. The van der Waals surface area contributed by atoms with Crippen LogP contribution < -0.4 is 10.2 Å². The molecule has 1 aliphatic heterocycles. The van der Waals surface area contributed by atoms with E-state index in [0.717, 1.165) is 44.6 Å². The summed E-state index contributed by atoms with van der Waals surface area (Å²) in [5.74, 6) is 1.74. The average Bonchev–Trinajstić information content (AvgIpc) is 2.75. The second-order valence-corrected chi connectivity index (χ2v) is 6.56. The Bertz CT molecular complexity index is 917. The molecule has 2 aromatic carbocycles. The van der Waals surface area contributed by atoms with Crippen molar-refractivity contribution in [2.24, 2.45) is 4.99 Å². The van der Waals surface area contributed by atoms with Gasteiger partial charge in [0.25, 0.3) is 0 Å². The second kappa shape index (κ2) is 9.68. The number of aromatic nitrogens is 2. The zero-order valence-corrected chi connectivity index (χ0v) is 18.3. The van der Waals surface area contributed by atoms with Crippen LogP contribution in [0.2, 0.25) is 0 Å². The Labute approximate surface area is 182 Å². The van der Waals surface area contributed by atoms with Crippen molar-refractivity contribution in [2.75, 3.05) is 38.1 Å². The number of benzene rings is 2. The molecule has 0 aliphatic carbocycles. The number of rotatable bonds is 3. The van der Waals surface area contributed by atoms with Crippen LogP contribution in [0.15, 0.2) is 65.9 Å². The molecule has 0 amide bonds. The molecule has 2 heterocycles. The normalized spacial score (nSPS) is 14.7. The second-order valence-electron chi connectivity index (χ2n) is 6.56. The molecule has 1 N–H and O–H groups in total. The molecule has 3 aromatic rings. The number of hydrogen-bond acceptors (Lipinski definition) is 4. The summed E-state index contributed by atoms with van der Waals surface area (Å²) in [4.78, 5) is 17.7. The predicted octanol–water partition coefficient (Wildman–Crippen LogP) is 3.15. The van der Waals surface area contributed by atoms with Crippen molar-refractivity contribution in [3.8, 4) is 0 Å². The van der Waals surface area contributed by atoms with E-state index in [1.807, 2.05) is 13.1 Å². The Morgan fingerprint density at radius 3 is 2.43 bits per heavy atom. The van der Waals surface area contributed by atoms with Gasteiger partial charge in [0.05, 0.1) is 0 Å². The first-order valence-electron chi connectivity index (χ1n) is 9.29. The van der Waals surface area contributed by atoms with Crippen LogP contribution in [0.3, 0.4) is 0 Å². The van der Waals surface area contributed by atoms with E-state index in [2.05, 4.69) is 72.5 Å². The van der Waals surface area contributed by atoms with Gasteiger partial charge in [0, 0.05) is 52.2 Å². The summed E-state index contributed by atoms with van der Waals surface area (Å²) in [7, 11) is 1.85. The molecular formula is C21H25IN6. The molecule has 1 aromatic heterocycles. The van der Waals surface area contributed by atoms with E-state index in [1.165, 1.54) is 16.3 Å². The van der Waals surface area contributed by atoms with Gasteiger partial charge in [0.2, 0.25) is 5.95 Å².